The Hall–Kier alpha value is -0.700. The molecule has 0 bridgehead atoms. The van der Waals surface area contributed by atoms with E-state index in [-0.39, 0.29) is 22.3 Å². The lowest BCUT2D eigenvalue weighted by molar-refractivity contribution is -0.119. The highest BCUT2D eigenvalue weighted by Gasteiger charge is 2.28. The Morgan fingerprint density at radius 2 is 1.75 bits per heavy atom. The molecule has 0 saturated heterocycles. The molecule has 3 heteroatoms. The fourth-order valence-corrected chi connectivity index (χ4v) is 2.84. The van der Waals surface area contributed by atoms with Gasteiger partial charge in [0.1, 0.15) is 5.82 Å². The predicted octanol–water partition coefficient (Wildman–Crippen LogP) is 3.82. The van der Waals surface area contributed by atoms with Crippen molar-refractivity contribution in [3.63, 3.8) is 0 Å². The molecule has 0 spiro atoms. The maximum absolute atomic E-state index is 12.8. The fourth-order valence-electron chi connectivity index (χ4n) is 2.20. The summed E-state index contributed by atoms with van der Waals surface area (Å²) in [6.07, 6.45) is 3.94. The zero-order chi connectivity index (χ0) is 11.5. The second kappa shape index (κ2) is 5.09. The Morgan fingerprint density at radius 3 is 2.44 bits per heavy atom. The van der Waals surface area contributed by atoms with Gasteiger partial charge in [-0.25, -0.2) is 4.39 Å². The number of ketones is 1. The van der Waals surface area contributed by atoms with E-state index >= 15 is 0 Å². The topological polar surface area (TPSA) is 17.1 Å². The molecule has 0 radical (unpaired) electrons. The van der Waals surface area contributed by atoms with Crippen molar-refractivity contribution in [3.8, 4) is 0 Å². The zero-order valence-corrected chi connectivity index (χ0v) is 10.5. The molecule has 86 valence electrons. The summed E-state index contributed by atoms with van der Waals surface area (Å²) < 4.78 is 12.8. The Kier molecular flexibility index (Phi) is 3.74. The molecule has 0 aliphatic heterocycles. The van der Waals surface area contributed by atoms with E-state index in [4.69, 9.17) is 0 Å². The molecule has 2 unspecified atom stereocenters. The van der Waals surface area contributed by atoms with E-state index in [1.807, 2.05) is 0 Å². The maximum atomic E-state index is 12.8. The van der Waals surface area contributed by atoms with Gasteiger partial charge in [0.15, 0.2) is 5.78 Å². The molecule has 1 nitrogen and oxygen atoms in total. The smallest absolute Gasteiger partial charge is 0.153 e. The van der Waals surface area contributed by atoms with Crippen LogP contribution in [0.3, 0.4) is 0 Å². The van der Waals surface area contributed by atoms with Gasteiger partial charge in [-0.2, -0.15) is 0 Å². The maximum Gasteiger partial charge on any atom is 0.153 e. The van der Waals surface area contributed by atoms with Crippen molar-refractivity contribution in [2.75, 3.05) is 0 Å². The van der Waals surface area contributed by atoms with Crippen molar-refractivity contribution in [2.45, 2.75) is 36.4 Å². The van der Waals surface area contributed by atoms with Crippen LogP contribution < -0.4 is 0 Å². The van der Waals surface area contributed by atoms with Gasteiger partial charge in [0, 0.05) is 5.92 Å². The van der Waals surface area contributed by atoms with Gasteiger partial charge in [-0.1, -0.05) is 40.9 Å². The second-order valence-corrected chi connectivity index (χ2v) is 5.36. The first kappa shape index (κ1) is 11.8. The largest absolute Gasteiger partial charge is 0.298 e. The van der Waals surface area contributed by atoms with Crippen LogP contribution in [0.1, 0.15) is 37.2 Å². The lowest BCUT2D eigenvalue weighted by Crippen LogP contribution is -2.20. The molecule has 1 aliphatic carbocycles. The normalized spacial score (nSPS) is 26.5. The molecule has 1 aromatic rings. The number of carbonyl (C=O) groups excluding carboxylic acids is 1. The number of alkyl halides is 1. The Labute approximate surface area is 103 Å². The van der Waals surface area contributed by atoms with Gasteiger partial charge in [-0.15, -0.1) is 0 Å². The van der Waals surface area contributed by atoms with Gasteiger partial charge in [0.05, 0.1) is 4.83 Å². The van der Waals surface area contributed by atoms with Gasteiger partial charge in [-0.05, 0) is 30.5 Å². The second-order valence-electron chi connectivity index (χ2n) is 4.26. The van der Waals surface area contributed by atoms with E-state index < -0.39 is 0 Å². The van der Waals surface area contributed by atoms with E-state index in [0.717, 1.165) is 31.2 Å². The van der Waals surface area contributed by atoms with Crippen LogP contribution in [0, 0.1) is 5.82 Å². The lowest BCUT2D eigenvalue weighted by Gasteiger charge is -2.15. The summed E-state index contributed by atoms with van der Waals surface area (Å²) in [5.74, 6) is -0.0724. The third kappa shape index (κ3) is 2.51. The monoisotopic (exact) mass is 284 g/mol. The molecule has 0 amide bonds. The Balaban J connectivity index is 2.24. The highest BCUT2D eigenvalue weighted by atomic mass is 79.9. The van der Waals surface area contributed by atoms with E-state index in [1.54, 1.807) is 12.1 Å². The van der Waals surface area contributed by atoms with Crippen molar-refractivity contribution in [1.82, 2.24) is 0 Å². The first-order valence-corrected chi connectivity index (χ1v) is 6.53. The standard InChI is InChI=1S/C13H14BrFO/c14-12-4-2-1-3-11(13(12)16)9-5-7-10(15)8-6-9/h5-8,11-12H,1-4H2. The summed E-state index contributed by atoms with van der Waals surface area (Å²) in [6, 6.07) is 6.30. The van der Waals surface area contributed by atoms with E-state index in [0.29, 0.717) is 0 Å². The minimum atomic E-state index is -0.250. The van der Waals surface area contributed by atoms with Crippen LogP contribution in [0.2, 0.25) is 0 Å². The van der Waals surface area contributed by atoms with Crippen LogP contribution in [0.5, 0.6) is 0 Å². The third-order valence-corrected chi connectivity index (χ3v) is 4.03. The minimum Gasteiger partial charge on any atom is -0.298 e. The van der Waals surface area contributed by atoms with Crippen molar-refractivity contribution in [3.05, 3.63) is 35.6 Å². The first-order valence-electron chi connectivity index (χ1n) is 5.62. The summed E-state index contributed by atoms with van der Waals surface area (Å²) in [7, 11) is 0. The molecule has 16 heavy (non-hydrogen) atoms. The summed E-state index contributed by atoms with van der Waals surface area (Å²) in [6.45, 7) is 0. The molecule has 0 aromatic heterocycles. The van der Waals surface area contributed by atoms with E-state index in [1.165, 1.54) is 12.1 Å². The van der Waals surface area contributed by atoms with Crippen LogP contribution in [0.25, 0.3) is 0 Å². The van der Waals surface area contributed by atoms with Gasteiger partial charge >= 0.3 is 0 Å². The SMILES string of the molecule is O=C1C(Br)CCCCC1c1ccc(F)cc1. The van der Waals surface area contributed by atoms with Crippen LogP contribution in [-0.2, 0) is 4.79 Å². The average Bonchev–Trinajstić information content (AvgIpc) is 2.44. The van der Waals surface area contributed by atoms with Crippen LogP contribution >= 0.6 is 15.9 Å². The van der Waals surface area contributed by atoms with Crippen LogP contribution in [-0.4, -0.2) is 10.6 Å². The number of halogens is 2. The zero-order valence-electron chi connectivity index (χ0n) is 8.96. The lowest BCUT2D eigenvalue weighted by atomic mass is 9.91. The van der Waals surface area contributed by atoms with Gasteiger partial charge < -0.3 is 0 Å². The highest BCUT2D eigenvalue weighted by Crippen LogP contribution is 2.31. The van der Waals surface area contributed by atoms with Gasteiger partial charge in [-0.3, -0.25) is 4.79 Å². The van der Waals surface area contributed by atoms with Crippen molar-refractivity contribution < 1.29 is 9.18 Å². The summed E-state index contributed by atoms with van der Waals surface area (Å²) in [4.78, 5) is 12.1. The number of hydrogen-bond donors (Lipinski definition) is 0. The fraction of sp³-hybridized carbons (Fsp3) is 0.462. The average molecular weight is 285 g/mol. The Morgan fingerprint density at radius 1 is 1.12 bits per heavy atom. The van der Waals surface area contributed by atoms with Gasteiger partial charge in [0.2, 0.25) is 0 Å². The van der Waals surface area contributed by atoms with E-state index in [9.17, 15) is 9.18 Å². The molecular weight excluding hydrogens is 271 g/mol. The number of benzene rings is 1. The predicted molar refractivity (Wildman–Crippen MR) is 65.3 cm³/mol. The number of carbonyl (C=O) groups is 1. The molecule has 0 heterocycles. The van der Waals surface area contributed by atoms with Crippen LogP contribution in [0.4, 0.5) is 4.39 Å². The molecule has 0 N–H and O–H groups in total. The molecule has 1 saturated carbocycles. The molecule has 1 fully saturated rings. The van der Waals surface area contributed by atoms with Gasteiger partial charge in [0.25, 0.3) is 0 Å². The minimum absolute atomic E-state index is 0.0370. The highest BCUT2D eigenvalue weighted by molar-refractivity contribution is 9.10. The van der Waals surface area contributed by atoms with Crippen molar-refractivity contribution >= 4 is 21.7 Å². The Bertz CT molecular complexity index is 374. The summed E-state index contributed by atoms with van der Waals surface area (Å²) in [5.41, 5.74) is 0.942. The van der Waals surface area contributed by atoms with Crippen molar-refractivity contribution in [2.24, 2.45) is 0 Å². The number of hydrogen-bond acceptors (Lipinski definition) is 1. The molecule has 1 aliphatic rings. The quantitative estimate of drug-likeness (QED) is 0.566. The summed E-state index contributed by atoms with van der Waals surface area (Å²) in [5, 5.41) is 0. The molecular formula is C13H14BrFO. The first-order chi connectivity index (χ1) is 7.68. The number of Topliss-reactive ketones (excluding diaryl/α,β-unsaturated/α-hetero) is 1. The molecule has 2 rings (SSSR count). The molecule has 1 aromatic carbocycles. The number of rotatable bonds is 1. The summed E-state index contributed by atoms with van der Waals surface area (Å²) >= 11 is 3.43. The van der Waals surface area contributed by atoms with E-state index in [2.05, 4.69) is 15.9 Å². The third-order valence-electron chi connectivity index (χ3n) is 3.12. The van der Waals surface area contributed by atoms with Crippen LogP contribution in [0.15, 0.2) is 24.3 Å². The molecule has 2 atom stereocenters. The van der Waals surface area contributed by atoms with Crippen molar-refractivity contribution in [1.29, 1.82) is 0 Å².